The molecule has 1 rings (SSSR count). The van der Waals surface area contributed by atoms with Crippen molar-refractivity contribution in [2.45, 2.75) is 13.8 Å². The smallest absolute Gasteiger partial charge is 0.232 e. The van der Waals surface area contributed by atoms with Crippen LogP contribution in [0.25, 0.3) is 0 Å². The van der Waals surface area contributed by atoms with Gasteiger partial charge in [0.15, 0.2) is 0 Å². The summed E-state index contributed by atoms with van der Waals surface area (Å²) in [5, 5.41) is 2.98. The van der Waals surface area contributed by atoms with Crippen molar-refractivity contribution >= 4 is 17.8 Å². The van der Waals surface area contributed by atoms with Crippen LogP contribution in [0.1, 0.15) is 13.8 Å². The summed E-state index contributed by atoms with van der Waals surface area (Å²) in [5.74, 6) is 2.42. The van der Waals surface area contributed by atoms with Crippen LogP contribution in [0.2, 0.25) is 0 Å². The van der Waals surface area contributed by atoms with Crippen molar-refractivity contribution in [3.63, 3.8) is 0 Å². The Morgan fingerprint density at radius 3 is 2.30 bits per heavy atom. The Bertz CT molecular complexity index is 410. The first-order valence-corrected chi connectivity index (χ1v) is 6.83. The number of nitrogens with one attached hydrogen (secondary N) is 1. The molecule has 1 aromatic rings. The van der Waals surface area contributed by atoms with Crippen LogP contribution in [0.5, 0.6) is 0 Å². The molecule has 0 amide bonds. The fraction of sp³-hybridized carbons (Fsp3) is 0.769. The highest BCUT2D eigenvalue weighted by molar-refractivity contribution is 5.44. The van der Waals surface area contributed by atoms with Gasteiger partial charge in [-0.3, -0.25) is 0 Å². The first-order valence-electron chi connectivity index (χ1n) is 6.83. The summed E-state index contributed by atoms with van der Waals surface area (Å²) in [7, 11) is 7.34. The Balaban J connectivity index is 3.06. The second-order valence-electron chi connectivity index (χ2n) is 5.24. The molecule has 0 aliphatic heterocycles. The predicted octanol–water partition coefficient (Wildman–Crippen LogP) is 1.09. The Morgan fingerprint density at radius 2 is 1.80 bits per heavy atom. The van der Waals surface area contributed by atoms with Crippen molar-refractivity contribution < 1.29 is 4.74 Å². The zero-order chi connectivity index (χ0) is 15.1. The maximum Gasteiger partial charge on any atom is 0.232 e. The van der Waals surface area contributed by atoms with Gasteiger partial charge in [0.2, 0.25) is 17.8 Å². The highest BCUT2D eigenvalue weighted by Gasteiger charge is 2.15. The predicted molar refractivity (Wildman–Crippen MR) is 82.6 cm³/mol. The molecule has 0 fully saturated rings. The number of rotatable bonds is 8. The van der Waals surface area contributed by atoms with Gasteiger partial charge < -0.3 is 19.9 Å². The van der Waals surface area contributed by atoms with E-state index in [1.807, 2.05) is 19.0 Å². The van der Waals surface area contributed by atoms with Crippen molar-refractivity contribution in [1.82, 2.24) is 15.0 Å². The Hall–Kier alpha value is -1.63. The number of nitrogens with zero attached hydrogens (tertiary/aromatic N) is 5. The highest BCUT2D eigenvalue weighted by atomic mass is 16.5. The minimum Gasteiger partial charge on any atom is -0.383 e. The lowest BCUT2D eigenvalue weighted by Crippen LogP contribution is -2.33. The molecule has 0 bridgehead atoms. The third-order valence-electron chi connectivity index (χ3n) is 2.67. The summed E-state index contributed by atoms with van der Waals surface area (Å²) in [6.45, 7) is 6.63. The fourth-order valence-corrected chi connectivity index (χ4v) is 1.72. The summed E-state index contributed by atoms with van der Waals surface area (Å²) in [6.07, 6.45) is 0. The molecular weight excluding hydrogens is 256 g/mol. The lowest BCUT2D eigenvalue weighted by atomic mass is 10.2. The van der Waals surface area contributed by atoms with Gasteiger partial charge in [0, 0.05) is 41.3 Å². The van der Waals surface area contributed by atoms with E-state index in [0.717, 1.165) is 13.1 Å². The van der Waals surface area contributed by atoms with E-state index in [2.05, 4.69) is 39.0 Å². The van der Waals surface area contributed by atoms with Gasteiger partial charge in [-0.2, -0.15) is 15.0 Å². The van der Waals surface area contributed by atoms with Gasteiger partial charge in [0.05, 0.1) is 6.61 Å². The first-order chi connectivity index (χ1) is 9.47. The third-order valence-corrected chi connectivity index (χ3v) is 2.67. The largest absolute Gasteiger partial charge is 0.383 e. The van der Waals surface area contributed by atoms with Gasteiger partial charge in [-0.15, -0.1) is 0 Å². The topological polar surface area (TPSA) is 66.4 Å². The van der Waals surface area contributed by atoms with Crippen LogP contribution in [0.15, 0.2) is 0 Å². The molecule has 0 spiro atoms. The maximum atomic E-state index is 5.17. The molecule has 0 saturated carbocycles. The zero-order valence-electron chi connectivity index (χ0n) is 13.3. The van der Waals surface area contributed by atoms with E-state index in [0.29, 0.717) is 30.4 Å². The van der Waals surface area contributed by atoms with Crippen LogP contribution in [-0.2, 0) is 4.74 Å². The monoisotopic (exact) mass is 282 g/mol. The average molecular weight is 282 g/mol. The van der Waals surface area contributed by atoms with E-state index in [1.54, 1.807) is 14.2 Å². The van der Waals surface area contributed by atoms with Gasteiger partial charge in [-0.05, 0) is 5.92 Å². The van der Waals surface area contributed by atoms with Crippen LogP contribution >= 0.6 is 0 Å². The molecule has 1 aromatic heterocycles. The molecule has 20 heavy (non-hydrogen) atoms. The van der Waals surface area contributed by atoms with E-state index < -0.39 is 0 Å². The van der Waals surface area contributed by atoms with Gasteiger partial charge in [0.25, 0.3) is 0 Å². The molecule has 0 aliphatic carbocycles. The second-order valence-corrected chi connectivity index (χ2v) is 5.24. The minimum absolute atomic E-state index is 0.518. The molecule has 7 nitrogen and oxygen atoms in total. The van der Waals surface area contributed by atoms with Crippen LogP contribution in [0, 0.1) is 5.92 Å². The molecule has 0 saturated heterocycles. The molecule has 0 radical (unpaired) electrons. The lowest BCUT2D eigenvalue weighted by molar-refractivity contribution is 0.204. The SMILES string of the molecule is CNc1nc(N(C)C)nc(N(CCOC)CC(C)C)n1. The molecule has 0 aliphatic rings. The zero-order valence-corrected chi connectivity index (χ0v) is 13.3. The van der Waals surface area contributed by atoms with E-state index in [-0.39, 0.29) is 0 Å². The van der Waals surface area contributed by atoms with Crippen LogP contribution in [0.3, 0.4) is 0 Å². The molecule has 0 atom stereocenters. The van der Waals surface area contributed by atoms with Crippen molar-refractivity contribution in [2.75, 3.05) is 63.1 Å². The normalized spacial score (nSPS) is 10.8. The number of methoxy groups -OCH3 is 1. The number of aromatic nitrogens is 3. The second kappa shape index (κ2) is 7.84. The quantitative estimate of drug-likeness (QED) is 0.765. The lowest BCUT2D eigenvalue weighted by Gasteiger charge is -2.25. The van der Waals surface area contributed by atoms with E-state index in [1.165, 1.54) is 0 Å². The van der Waals surface area contributed by atoms with E-state index in [9.17, 15) is 0 Å². The van der Waals surface area contributed by atoms with Crippen molar-refractivity contribution in [3.05, 3.63) is 0 Å². The number of ether oxygens (including phenoxy) is 1. The van der Waals surface area contributed by atoms with Crippen LogP contribution in [-0.4, -0.2) is 62.9 Å². The van der Waals surface area contributed by atoms with E-state index >= 15 is 0 Å². The summed E-state index contributed by atoms with van der Waals surface area (Å²) < 4.78 is 5.17. The molecule has 0 aromatic carbocycles. The van der Waals surface area contributed by atoms with Crippen molar-refractivity contribution in [2.24, 2.45) is 5.92 Å². The van der Waals surface area contributed by atoms with Crippen molar-refractivity contribution in [3.8, 4) is 0 Å². The first kappa shape index (κ1) is 16.4. The van der Waals surface area contributed by atoms with Gasteiger partial charge in [0.1, 0.15) is 0 Å². The standard InChI is InChI=1S/C13H26N6O/c1-10(2)9-19(7-8-20-6)13-16-11(14-3)15-12(17-13)18(4)5/h10H,7-9H2,1-6H3,(H,14,15,16,17). The number of anilines is 3. The maximum absolute atomic E-state index is 5.17. The van der Waals surface area contributed by atoms with Gasteiger partial charge in [-0.25, -0.2) is 0 Å². The highest BCUT2D eigenvalue weighted by Crippen LogP contribution is 2.16. The molecule has 0 unspecified atom stereocenters. The summed E-state index contributed by atoms with van der Waals surface area (Å²) in [5.41, 5.74) is 0. The van der Waals surface area contributed by atoms with Crippen molar-refractivity contribution in [1.29, 1.82) is 0 Å². The molecule has 7 heteroatoms. The minimum atomic E-state index is 0.518. The number of hydrogen-bond donors (Lipinski definition) is 1. The van der Waals surface area contributed by atoms with Crippen LogP contribution in [0.4, 0.5) is 17.8 Å². The molecule has 1 heterocycles. The Morgan fingerprint density at radius 1 is 1.15 bits per heavy atom. The van der Waals surface area contributed by atoms with Gasteiger partial charge >= 0.3 is 0 Å². The number of hydrogen-bond acceptors (Lipinski definition) is 7. The average Bonchev–Trinajstić information content (AvgIpc) is 2.42. The summed E-state index contributed by atoms with van der Waals surface area (Å²) >= 11 is 0. The Labute approximate surface area is 121 Å². The molecule has 1 N–H and O–H groups in total. The summed E-state index contributed by atoms with van der Waals surface area (Å²) in [4.78, 5) is 17.3. The summed E-state index contributed by atoms with van der Waals surface area (Å²) in [6, 6.07) is 0. The van der Waals surface area contributed by atoms with Crippen LogP contribution < -0.4 is 15.1 Å². The third kappa shape index (κ3) is 4.80. The van der Waals surface area contributed by atoms with Gasteiger partial charge in [-0.1, -0.05) is 13.8 Å². The molecule has 114 valence electrons. The molecular formula is C13H26N6O. The fourth-order valence-electron chi connectivity index (χ4n) is 1.72. The Kier molecular flexibility index (Phi) is 6.44. The van der Waals surface area contributed by atoms with E-state index in [4.69, 9.17) is 4.74 Å².